The van der Waals surface area contributed by atoms with Crippen molar-refractivity contribution in [2.75, 3.05) is 24.6 Å². The molecule has 1 aromatic heterocycles. The van der Waals surface area contributed by atoms with Crippen LogP contribution in [0.2, 0.25) is 0 Å². The summed E-state index contributed by atoms with van der Waals surface area (Å²) in [4.78, 5) is 10.3. The van der Waals surface area contributed by atoms with Crippen LogP contribution in [0, 0.1) is 17.1 Å². The topological polar surface area (TPSA) is 62.0 Å². The van der Waals surface area contributed by atoms with Crippen LogP contribution in [0.15, 0.2) is 36.7 Å². The van der Waals surface area contributed by atoms with Gasteiger partial charge in [0.25, 0.3) is 0 Å². The van der Waals surface area contributed by atoms with E-state index in [2.05, 4.69) is 9.97 Å². The smallest absolute Gasteiger partial charge is 0.158 e. The van der Waals surface area contributed by atoms with Crippen LogP contribution in [0.4, 0.5) is 10.2 Å². The number of nitrogens with zero attached hydrogens (tertiary/aromatic N) is 4. The molecule has 1 aliphatic heterocycles. The van der Waals surface area contributed by atoms with E-state index in [0.717, 1.165) is 5.56 Å². The van der Waals surface area contributed by atoms with Crippen LogP contribution in [0.5, 0.6) is 0 Å². The third-order valence-corrected chi connectivity index (χ3v) is 3.38. The lowest BCUT2D eigenvalue weighted by Gasteiger charge is -2.33. The van der Waals surface area contributed by atoms with Gasteiger partial charge in [0, 0.05) is 13.1 Å². The van der Waals surface area contributed by atoms with Crippen molar-refractivity contribution >= 4 is 5.82 Å². The van der Waals surface area contributed by atoms with E-state index >= 15 is 0 Å². The Morgan fingerprint density at radius 1 is 1.24 bits per heavy atom. The van der Waals surface area contributed by atoms with Crippen molar-refractivity contribution in [2.24, 2.45) is 0 Å². The lowest BCUT2D eigenvalue weighted by molar-refractivity contribution is 0.0394. The van der Waals surface area contributed by atoms with Gasteiger partial charge in [-0.2, -0.15) is 5.26 Å². The molecule has 2 heterocycles. The summed E-state index contributed by atoms with van der Waals surface area (Å²) in [7, 11) is 0. The number of anilines is 1. The highest BCUT2D eigenvalue weighted by molar-refractivity contribution is 5.38. The van der Waals surface area contributed by atoms with Gasteiger partial charge in [-0.15, -0.1) is 0 Å². The van der Waals surface area contributed by atoms with E-state index in [1.54, 1.807) is 18.3 Å². The predicted octanol–water partition coefficient (Wildman–Crippen LogP) is 2.07. The largest absolute Gasteiger partial charge is 0.370 e. The second-order valence-corrected chi connectivity index (χ2v) is 4.73. The number of ether oxygens (including phenoxy) is 1. The number of aromatic nitrogens is 2. The molecule has 0 saturated carbocycles. The molecule has 0 bridgehead atoms. The van der Waals surface area contributed by atoms with Gasteiger partial charge in [-0.1, -0.05) is 12.1 Å². The molecule has 0 amide bonds. The van der Waals surface area contributed by atoms with Crippen LogP contribution in [-0.4, -0.2) is 29.7 Å². The van der Waals surface area contributed by atoms with Crippen molar-refractivity contribution in [2.45, 2.75) is 6.10 Å². The SMILES string of the molecule is N#Cc1cnc(N2CCOC(c3ccc(F)cc3)C2)cn1. The first-order valence-corrected chi connectivity index (χ1v) is 6.60. The summed E-state index contributed by atoms with van der Waals surface area (Å²) in [6, 6.07) is 8.26. The van der Waals surface area contributed by atoms with E-state index in [1.807, 2.05) is 11.0 Å². The second-order valence-electron chi connectivity index (χ2n) is 4.73. The van der Waals surface area contributed by atoms with Crippen molar-refractivity contribution in [3.8, 4) is 6.07 Å². The van der Waals surface area contributed by atoms with Gasteiger partial charge in [0.1, 0.15) is 23.8 Å². The Morgan fingerprint density at radius 2 is 2.05 bits per heavy atom. The number of nitriles is 1. The molecule has 0 aliphatic carbocycles. The molecule has 5 nitrogen and oxygen atoms in total. The quantitative estimate of drug-likeness (QED) is 0.844. The highest BCUT2D eigenvalue weighted by atomic mass is 19.1. The number of morpholine rings is 1. The third kappa shape index (κ3) is 2.98. The molecule has 21 heavy (non-hydrogen) atoms. The van der Waals surface area contributed by atoms with Gasteiger partial charge in [-0.3, -0.25) is 0 Å². The van der Waals surface area contributed by atoms with Crippen LogP contribution in [-0.2, 0) is 4.74 Å². The van der Waals surface area contributed by atoms with Gasteiger partial charge in [0.15, 0.2) is 5.69 Å². The molecule has 1 fully saturated rings. The Bertz CT molecular complexity index is 651. The minimum atomic E-state index is -0.260. The molecule has 6 heteroatoms. The van der Waals surface area contributed by atoms with Crippen LogP contribution < -0.4 is 4.90 Å². The molecule has 1 unspecified atom stereocenters. The molecule has 2 aromatic rings. The number of benzene rings is 1. The molecule has 1 aromatic carbocycles. The van der Waals surface area contributed by atoms with E-state index in [9.17, 15) is 4.39 Å². The lowest BCUT2D eigenvalue weighted by Crippen LogP contribution is -2.38. The van der Waals surface area contributed by atoms with E-state index in [0.29, 0.717) is 31.2 Å². The first-order chi connectivity index (χ1) is 10.3. The van der Waals surface area contributed by atoms with Gasteiger partial charge >= 0.3 is 0 Å². The van der Waals surface area contributed by atoms with Crippen LogP contribution in [0.25, 0.3) is 0 Å². The van der Waals surface area contributed by atoms with Crippen molar-refractivity contribution < 1.29 is 9.13 Å². The number of halogens is 1. The summed E-state index contributed by atoms with van der Waals surface area (Å²) < 4.78 is 18.7. The summed E-state index contributed by atoms with van der Waals surface area (Å²) in [5, 5.41) is 8.74. The predicted molar refractivity (Wildman–Crippen MR) is 74.1 cm³/mol. The summed E-state index contributed by atoms with van der Waals surface area (Å²) in [6.07, 6.45) is 2.92. The molecule has 0 radical (unpaired) electrons. The third-order valence-electron chi connectivity index (χ3n) is 3.38. The summed E-state index contributed by atoms with van der Waals surface area (Å²) in [5.74, 6) is 0.453. The molecular weight excluding hydrogens is 271 g/mol. The Balaban J connectivity index is 1.76. The van der Waals surface area contributed by atoms with Crippen LogP contribution >= 0.6 is 0 Å². The minimum absolute atomic E-state index is 0.128. The first kappa shape index (κ1) is 13.5. The average Bonchev–Trinajstić information content (AvgIpc) is 2.56. The normalized spacial score (nSPS) is 18.3. The summed E-state index contributed by atoms with van der Waals surface area (Å²) in [5.41, 5.74) is 1.23. The van der Waals surface area contributed by atoms with Crippen LogP contribution in [0.3, 0.4) is 0 Å². The van der Waals surface area contributed by atoms with Crippen LogP contribution in [0.1, 0.15) is 17.4 Å². The maximum atomic E-state index is 13.0. The first-order valence-electron chi connectivity index (χ1n) is 6.60. The van der Waals surface area contributed by atoms with Crippen molar-refractivity contribution in [1.29, 1.82) is 5.26 Å². The molecule has 1 saturated heterocycles. The zero-order valence-electron chi connectivity index (χ0n) is 11.2. The fourth-order valence-electron chi connectivity index (χ4n) is 2.28. The highest BCUT2D eigenvalue weighted by Gasteiger charge is 2.23. The van der Waals surface area contributed by atoms with E-state index < -0.39 is 0 Å². The fraction of sp³-hybridized carbons (Fsp3) is 0.267. The number of hydrogen-bond acceptors (Lipinski definition) is 5. The van der Waals surface area contributed by atoms with E-state index in [-0.39, 0.29) is 11.9 Å². The molecular formula is C15H13FN4O. The Morgan fingerprint density at radius 3 is 2.71 bits per heavy atom. The summed E-state index contributed by atoms with van der Waals surface area (Å²) in [6.45, 7) is 1.88. The van der Waals surface area contributed by atoms with Gasteiger partial charge < -0.3 is 9.64 Å². The molecule has 0 spiro atoms. The number of hydrogen-bond donors (Lipinski definition) is 0. The number of rotatable bonds is 2. The highest BCUT2D eigenvalue weighted by Crippen LogP contribution is 2.24. The van der Waals surface area contributed by atoms with Crippen molar-refractivity contribution in [3.63, 3.8) is 0 Å². The van der Waals surface area contributed by atoms with E-state index in [4.69, 9.17) is 10.00 Å². The van der Waals surface area contributed by atoms with Crippen molar-refractivity contribution in [3.05, 3.63) is 53.7 Å². The second kappa shape index (κ2) is 5.85. The lowest BCUT2D eigenvalue weighted by atomic mass is 10.1. The zero-order chi connectivity index (χ0) is 14.7. The maximum absolute atomic E-state index is 13.0. The summed E-state index contributed by atoms with van der Waals surface area (Å²) >= 11 is 0. The molecule has 3 rings (SSSR count). The standard InChI is InChI=1S/C15H13FN4O/c16-12-3-1-11(2-4-12)14-10-20(5-6-21-14)15-9-18-13(7-17)8-19-15/h1-4,8-9,14H,5-6,10H2. The van der Waals surface area contributed by atoms with Gasteiger partial charge in [0.2, 0.25) is 0 Å². The van der Waals surface area contributed by atoms with Gasteiger partial charge in [0.05, 0.1) is 19.0 Å². The molecule has 1 atom stereocenters. The fourth-order valence-corrected chi connectivity index (χ4v) is 2.28. The average molecular weight is 284 g/mol. The molecule has 106 valence electrons. The zero-order valence-corrected chi connectivity index (χ0v) is 11.2. The van der Waals surface area contributed by atoms with Gasteiger partial charge in [-0.05, 0) is 17.7 Å². The monoisotopic (exact) mass is 284 g/mol. The minimum Gasteiger partial charge on any atom is -0.370 e. The Hall–Kier alpha value is -2.52. The molecule has 1 aliphatic rings. The maximum Gasteiger partial charge on any atom is 0.158 e. The van der Waals surface area contributed by atoms with Crippen molar-refractivity contribution in [1.82, 2.24) is 9.97 Å². The Labute approximate surface area is 121 Å². The van der Waals surface area contributed by atoms with Gasteiger partial charge in [-0.25, -0.2) is 14.4 Å². The van der Waals surface area contributed by atoms with E-state index in [1.165, 1.54) is 18.3 Å². The molecule has 0 N–H and O–H groups in total. The Kier molecular flexibility index (Phi) is 3.75.